The van der Waals surface area contributed by atoms with E-state index in [0.29, 0.717) is 22.9 Å². The Bertz CT molecular complexity index is 1200. The summed E-state index contributed by atoms with van der Waals surface area (Å²) < 4.78 is 10.2. The molecule has 14 heteroatoms. The van der Waals surface area contributed by atoms with Gasteiger partial charge in [-0.25, -0.2) is 4.79 Å². The fraction of sp³-hybridized carbons (Fsp3) is 0.333. The predicted octanol–water partition coefficient (Wildman–Crippen LogP) is -0.447. The Kier molecular flexibility index (Phi) is 9.78. The maximum absolute atomic E-state index is 12.7. The van der Waals surface area contributed by atoms with E-state index in [0.717, 1.165) is 0 Å². The summed E-state index contributed by atoms with van der Waals surface area (Å²) in [7, 11) is 1.44. The Morgan fingerprint density at radius 2 is 1.89 bits per heavy atom. The second-order valence-electron chi connectivity index (χ2n) is 7.16. The molecule has 0 radical (unpaired) electrons. The molecule has 0 aliphatic rings. The van der Waals surface area contributed by atoms with E-state index in [4.69, 9.17) is 25.1 Å². The van der Waals surface area contributed by atoms with Gasteiger partial charge >= 0.3 is 17.6 Å². The third-order valence-electron chi connectivity index (χ3n) is 4.61. The lowest BCUT2D eigenvalue weighted by molar-refractivity contribution is -0.139. The molecule has 0 aliphatic heterocycles. The van der Waals surface area contributed by atoms with Gasteiger partial charge in [0.15, 0.2) is 0 Å². The average molecular weight is 509 g/mol. The van der Waals surface area contributed by atoms with E-state index in [1.807, 2.05) is 0 Å². The molecule has 0 saturated heterocycles. The number of benzene rings is 1. The van der Waals surface area contributed by atoms with Gasteiger partial charge in [-0.3, -0.25) is 24.0 Å². The molecular weight excluding hydrogens is 486 g/mol. The number of hydrogen-bond donors (Lipinski definition) is 5. The number of fused-ring (bicyclic) bond motifs is 1. The number of carbonyl (C=O) groups excluding carboxylic acids is 3. The Balaban J connectivity index is 2.12. The Hall–Kier alpha value is -3.91. The van der Waals surface area contributed by atoms with Crippen molar-refractivity contribution in [2.24, 2.45) is 5.73 Å². The number of nitrogens with two attached hydrogens (primary N) is 1. The number of nitrogens with one attached hydrogen (secondary N) is 2. The van der Waals surface area contributed by atoms with Crippen LogP contribution in [0.1, 0.15) is 23.2 Å². The minimum Gasteiger partial charge on any atom is -0.497 e. The van der Waals surface area contributed by atoms with E-state index >= 15 is 0 Å². The summed E-state index contributed by atoms with van der Waals surface area (Å²) in [6, 6.07) is 3.35. The van der Waals surface area contributed by atoms with Crippen molar-refractivity contribution < 1.29 is 43.3 Å². The molecule has 0 spiro atoms. The zero-order valence-corrected chi connectivity index (χ0v) is 19.3. The first-order valence-electron chi connectivity index (χ1n) is 10.1. The first-order valence-corrected chi connectivity index (χ1v) is 11.1. The molecule has 0 unspecified atom stereocenters. The molecule has 13 nitrogen and oxygen atoms in total. The van der Waals surface area contributed by atoms with Crippen molar-refractivity contribution in [1.29, 1.82) is 0 Å². The SMILES string of the molecule is COc1ccc2cc(C(=O)SC[C@H](NC(=O)CC[C@H](N)C(=O)O)C(=O)NCC(=O)O)c(=O)oc2c1. The zero-order valence-electron chi connectivity index (χ0n) is 18.4. The number of thioether (sulfide) groups is 1. The number of rotatable bonds is 12. The van der Waals surface area contributed by atoms with Gasteiger partial charge in [0.1, 0.15) is 35.5 Å². The first kappa shape index (κ1) is 27.3. The van der Waals surface area contributed by atoms with Crippen molar-refractivity contribution >= 4 is 51.6 Å². The fourth-order valence-corrected chi connectivity index (χ4v) is 3.59. The maximum Gasteiger partial charge on any atom is 0.348 e. The van der Waals surface area contributed by atoms with Crippen LogP contribution in [0.15, 0.2) is 33.5 Å². The molecule has 1 aromatic carbocycles. The largest absolute Gasteiger partial charge is 0.497 e. The molecular formula is C21H23N3O10S. The number of carboxylic acid groups (broad SMARTS) is 2. The minimum absolute atomic E-state index is 0.202. The molecule has 6 N–H and O–H groups in total. The Morgan fingerprint density at radius 1 is 1.17 bits per heavy atom. The van der Waals surface area contributed by atoms with Crippen LogP contribution in [0.4, 0.5) is 0 Å². The summed E-state index contributed by atoms with van der Waals surface area (Å²) in [6.07, 6.45) is -0.536. The second-order valence-corrected chi connectivity index (χ2v) is 8.16. The zero-order chi connectivity index (χ0) is 26.1. The van der Waals surface area contributed by atoms with E-state index in [1.54, 1.807) is 12.1 Å². The third-order valence-corrected chi connectivity index (χ3v) is 5.59. The van der Waals surface area contributed by atoms with E-state index in [1.165, 1.54) is 19.2 Å². The molecule has 2 amide bonds. The monoisotopic (exact) mass is 509 g/mol. The number of carbonyl (C=O) groups is 5. The Labute approximate surface area is 202 Å². The van der Waals surface area contributed by atoms with Gasteiger partial charge in [-0.1, -0.05) is 11.8 Å². The summed E-state index contributed by atoms with van der Waals surface area (Å²) in [5.74, 6) is -4.15. The highest BCUT2D eigenvalue weighted by Crippen LogP contribution is 2.22. The molecule has 0 aliphatic carbocycles. The third kappa shape index (κ3) is 8.12. The van der Waals surface area contributed by atoms with Gasteiger partial charge in [0.05, 0.1) is 7.11 Å². The molecule has 0 saturated carbocycles. The molecule has 35 heavy (non-hydrogen) atoms. The van der Waals surface area contributed by atoms with Crippen LogP contribution in [-0.2, 0) is 19.2 Å². The van der Waals surface area contributed by atoms with E-state index in [-0.39, 0.29) is 29.7 Å². The lowest BCUT2D eigenvalue weighted by atomic mass is 10.1. The molecule has 1 aromatic heterocycles. The van der Waals surface area contributed by atoms with Crippen molar-refractivity contribution in [2.45, 2.75) is 24.9 Å². The first-order chi connectivity index (χ1) is 16.5. The molecule has 2 aromatic rings. The molecule has 2 atom stereocenters. The molecule has 0 fully saturated rings. The number of methoxy groups -OCH3 is 1. The number of amides is 2. The molecule has 2 rings (SSSR count). The van der Waals surface area contributed by atoms with Crippen LogP contribution in [0, 0.1) is 0 Å². The van der Waals surface area contributed by atoms with Crippen molar-refractivity contribution in [2.75, 3.05) is 19.4 Å². The molecule has 188 valence electrons. The summed E-state index contributed by atoms with van der Waals surface area (Å²) in [5.41, 5.74) is 4.34. The molecule has 1 heterocycles. The maximum atomic E-state index is 12.7. The highest BCUT2D eigenvalue weighted by Gasteiger charge is 2.25. The fourth-order valence-electron chi connectivity index (χ4n) is 2.74. The molecule has 0 bridgehead atoms. The standard InChI is InChI=1S/C21H23N3O10S/c1-33-11-3-2-10-6-12(20(31)34-15(10)7-11)21(32)35-9-14(18(28)23-8-17(26)27)24-16(25)5-4-13(22)19(29)30/h2-3,6-7,13-14H,4-5,8-9,22H2,1H3,(H,23,28)(H,24,25)(H,26,27)(H,29,30)/t13-,14-/m0/s1. The van der Waals surface area contributed by atoms with Crippen molar-refractivity contribution in [1.82, 2.24) is 10.6 Å². The minimum atomic E-state index is -1.35. The lowest BCUT2D eigenvalue weighted by Crippen LogP contribution is -2.49. The van der Waals surface area contributed by atoms with Crippen molar-refractivity contribution in [3.05, 3.63) is 40.2 Å². The van der Waals surface area contributed by atoms with Gasteiger partial charge in [0, 0.05) is 23.6 Å². The van der Waals surface area contributed by atoms with Crippen molar-refractivity contribution in [3.8, 4) is 5.75 Å². The summed E-state index contributed by atoms with van der Waals surface area (Å²) in [6.45, 7) is -0.731. The summed E-state index contributed by atoms with van der Waals surface area (Å²) in [4.78, 5) is 71.0. The van der Waals surface area contributed by atoms with Crippen molar-refractivity contribution in [3.63, 3.8) is 0 Å². The van der Waals surface area contributed by atoms with Crippen LogP contribution in [0.3, 0.4) is 0 Å². The summed E-state index contributed by atoms with van der Waals surface area (Å²) in [5, 5.41) is 21.7. The van der Waals surface area contributed by atoms with Gasteiger partial charge in [-0.2, -0.15) is 0 Å². The van der Waals surface area contributed by atoms with Gasteiger partial charge < -0.3 is 35.7 Å². The second kappa shape index (κ2) is 12.5. The van der Waals surface area contributed by atoms with Crippen LogP contribution >= 0.6 is 11.8 Å². The highest BCUT2D eigenvalue weighted by molar-refractivity contribution is 8.14. The highest BCUT2D eigenvalue weighted by atomic mass is 32.2. The van der Waals surface area contributed by atoms with Crippen LogP contribution < -0.4 is 26.7 Å². The van der Waals surface area contributed by atoms with Crippen LogP contribution in [-0.4, -0.2) is 70.6 Å². The summed E-state index contributed by atoms with van der Waals surface area (Å²) >= 11 is 0.536. The number of ether oxygens (including phenoxy) is 1. The number of carboxylic acids is 2. The number of aliphatic carboxylic acids is 2. The normalized spacial score (nSPS) is 12.4. The predicted molar refractivity (Wildman–Crippen MR) is 123 cm³/mol. The van der Waals surface area contributed by atoms with Gasteiger partial charge in [-0.05, 0) is 24.6 Å². The van der Waals surface area contributed by atoms with Gasteiger partial charge in [0.2, 0.25) is 16.9 Å². The topological polar surface area (TPSA) is 215 Å². The lowest BCUT2D eigenvalue weighted by Gasteiger charge is -2.17. The van der Waals surface area contributed by atoms with Crippen LogP contribution in [0.25, 0.3) is 11.0 Å². The smallest absolute Gasteiger partial charge is 0.348 e. The van der Waals surface area contributed by atoms with Crippen LogP contribution in [0.5, 0.6) is 5.75 Å². The Morgan fingerprint density at radius 3 is 2.51 bits per heavy atom. The quantitative estimate of drug-likeness (QED) is 0.230. The van der Waals surface area contributed by atoms with Gasteiger partial charge in [-0.15, -0.1) is 0 Å². The number of hydrogen-bond acceptors (Lipinski definition) is 10. The van der Waals surface area contributed by atoms with Gasteiger partial charge in [0.25, 0.3) is 0 Å². The van der Waals surface area contributed by atoms with E-state index in [9.17, 15) is 28.8 Å². The van der Waals surface area contributed by atoms with E-state index < -0.39 is 53.1 Å². The average Bonchev–Trinajstić information content (AvgIpc) is 2.82. The van der Waals surface area contributed by atoms with E-state index in [2.05, 4.69) is 10.6 Å². The van der Waals surface area contributed by atoms with Crippen LogP contribution in [0.2, 0.25) is 0 Å².